The Balaban J connectivity index is 3.41. The highest BCUT2D eigenvalue weighted by molar-refractivity contribution is 14.1. The summed E-state index contributed by atoms with van der Waals surface area (Å²) >= 11 is 2.12. The molecule has 6 heteroatoms. The number of nitrogens with zero attached hydrogens (tertiary/aromatic N) is 1. The molecule has 0 radical (unpaired) electrons. The van der Waals surface area contributed by atoms with Gasteiger partial charge in [-0.1, -0.05) is 22.6 Å². The minimum Gasteiger partial charge on any atom is -0.493 e. The van der Waals surface area contributed by atoms with E-state index in [2.05, 4.69) is 22.6 Å². The Morgan fingerprint density at radius 1 is 1.31 bits per heavy atom. The quantitative estimate of drug-likeness (QED) is 0.367. The smallest absolute Gasteiger partial charge is 0.277 e. The molecule has 88 valence electrons. The van der Waals surface area contributed by atoms with Crippen molar-refractivity contribution in [2.24, 2.45) is 0 Å². The van der Waals surface area contributed by atoms with Crippen LogP contribution in [0.4, 0.5) is 5.69 Å². The molecule has 5 nitrogen and oxygen atoms in total. The van der Waals surface area contributed by atoms with Gasteiger partial charge in [-0.3, -0.25) is 10.1 Å². The molecule has 0 bridgehead atoms. The third-order valence-electron chi connectivity index (χ3n) is 2.16. The fraction of sp³-hybridized carbons (Fsp3) is 0.400. The lowest BCUT2D eigenvalue weighted by molar-refractivity contribution is -0.385. The van der Waals surface area contributed by atoms with Crippen LogP contribution in [0.2, 0.25) is 0 Å². The van der Waals surface area contributed by atoms with E-state index in [1.54, 1.807) is 6.07 Å². The molecule has 16 heavy (non-hydrogen) atoms. The molecule has 0 spiro atoms. The molecule has 1 rings (SSSR count). The SMILES string of the molecule is COc1cc(C(C)I)c([N+](=O)[O-])cc1OC. The van der Waals surface area contributed by atoms with Gasteiger partial charge in [0.2, 0.25) is 0 Å². The van der Waals surface area contributed by atoms with E-state index in [0.29, 0.717) is 17.1 Å². The number of methoxy groups -OCH3 is 2. The Hall–Kier alpha value is -1.05. The van der Waals surface area contributed by atoms with E-state index in [1.807, 2.05) is 6.92 Å². The van der Waals surface area contributed by atoms with Crippen LogP contribution in [0, 0.1) is 10.1 Å². The van der Waals surface area contributed by atoms with Crippen LogP contribution >= 0.6 is 22.6 Å². The van der Waals surface area contributed by atoms with Crippen molar-refractivity contribution in [3.8, 4) is 11.5 Å². The van der Waals surface area contributed by atoms with E-state index in [0.717, 1.165) is 0 Å². The Labute approximate surface area is 107 Å². The summed E-state index contributed by atoms with van der Waals surface area (Å²) in [5.41, 5.74) is 0.683. The highest BCUT2D eigenvalue weighted by Gasteiger charge is 2.21. The van der Waals surface area contributed by atoms with E-state index in [-0.39, 0.29) is 9.61 Å². The molecule has 1 unspecified atom stereocenters. The predicted octanol–water partition coefficient (Wildman–Crippen LogP) is 3.11. The molecule has 0 saturated heterocycles. The summed E-state index contributed by atoms with van der Waals surface area (Å²) in [5, 5.41) is 10.9. The Kier molecular flexibility index (Phi) is 4.34. The zero-order chi connectivity index (χ0) is 12.3. The molecule has 0 N–H and O–H groups in total. The van der Waals surface area contributed by atoms with Gasteiger partial charge in [0.05, 0.1) is 25.2 Å². The monoisotopic (exact) mass is 337 g/mol. The van der Waals surface area contributed by atoms with Gasteiger partial charge in [0.1, 0.15) is 0 Å². The normalized spacial score (nSPS) is 12.0. The van der Waals surface area contributed by atoms with Gasteiger partial charge < -0.3 is 9.47 Å². The minimum absolute atomic E-state index is 0.0257. The first-order valence-corrected chi connectivity index (χ1v) is 5.80. The van der Waals surface area contributed by atoms with E-state index >= 15 is 0 Å². The third-order valence-corrected chi connectivity index (χ3v) is 2.83. The van der Waals surface area contributed by atoms with Gasteiger partial charge in [-0.2, -0.15) is 0 Å². The summed E-state index contributed by atoms with van der Waals surface area (Å²) in [4.78, 5) is 10.5. The van der Waals surface area contributed by atoms with E-state index in [9.17, 15) is 10.1 Å². The van der Waals surface area contributed by atoms with Gasteiger partial charge in [0.25, 0.3) is 5.69 Å². The molecule has 1 aromatic rings. The number of halogens is 1. The van der Waals surface area contributed by atoms with Crippen molar-refractivity contribution in [2.75, 3.05) is 14.2 Å². The summed E-state index contributed by atoms with van der Waals surface area (Å²) < 4.78 is 10.2. The molecule has 1 atom stereocenters. The van der Waals surface area contributed by atoms with Gasteiger partial charge >= 0.3 is 0 Å². The molecule has 0 saturated carbocycles. The average molecular weight is 337 g/mol. The number of nitro benzene ring substituents is 1. The number of nitro groups is 1. The number of alkyl halides is 1. The number of hydrogen-bond acceptors (Lipinski definition) is 4. The fourth-order valence-electron chi connectivity index (χ4n) is 1.36. The molecule has 1 aromatic carbocycles. The van der Waals surface area contributed by atoms with Gasteiger partial charge in [-0.15, -0.1) is 0 Å². The first-order valence-electron chi connectivity index (χ1n) is 4.55. The largest absolute Gasteiger partial charge is 0.493 e. The summed E-state index contributed by atoms with van der Waals surface area (Å²) in [6.45, 7) is 1.88. The van der Waals surface area contributed by atoms with Gasteiger partial charge in [0, 0.05) is 9.49 Å². The molecule has 0 aliphatic carbocycles. The molecule has 0 aliphatic heterocycles. The van der Waals surface area contributed by atoms with Crippen LogP contribution in [0.15, 0.2) is 12.1 Å². The van der Waals surface area contributed by atoms with Crippen LogP contribution in [0.5, 0.6) is 11.5 Å². The van der Waals surface area contributed by atoms with Gasteiger partial charge in [-0.25, -0.2) is 0 Å². The van der Waals surface area contributed by atoms with Crippen molar-refractivity contribution in [1.82, 2.24) is 0 Å². The highest BCUT2D eigenvalue weighted by atomic mass is 127. The van der Waals surface area contributed by atoms with Crippen LogP contribution in [-0.2, 0) is 0 Å². The van der Waals surface area contributed by atoms with Gasteiger partial charge in [-0.05, 0) is 13.0 Å². The van der Waals surface area contributed by atoms with Crippen LogP contribution in [0.25, 0.3) is 0 Å². The second kappa shape index (κ2) is 5.33. The number of hydrogen-bond donors (Lipinski definition) is 0. The first-order chi connectivity index (χ1) is 7.51. The first kappa shape index (κ1) is 13.0. The summed E-state index contributed by atoms with van der Waals surface area (Å²) in [7, 11) is 2.96. The fourth-order valence-corrected chi connectivity index (χ4v) is 1.86. The van der Waals surface area contributed by atoms with Crippen LogP contribution < -0.4 is 9.47 Å². The lowest BCUT2D eigenvalue weighted by Crippen LogP contribution is -1.99. The van der Waals surface area contributed by atoms with Crippen molar-refractivity contribution in [3.63, 3.8) is 0 Å². The van der Waals surface area contributed by atoms with Crippen LogP contribution in [0.1, 0.15) is 16.4 Å². The number of benzene rings is 1. The lowest BCUT2D eigenvalue weighted by Gasteiger charge is -2.11. The summed E-state index contributed by atoms with van der Waals surface area (Å²) in [5.74, 6) is 0.876. The van der Waals surface area contributed by atoms with Crippen molar-refractivity contribution in [1.29, 1.82) is 0 Å². The van der Waals surface area contributed by atoms with Crippen LogP contribution in [-0.4, -0.2) is 19.1 Å². The van der Waals surface area contributed by atoms with Crippen LogP contribution in [0.3, 0.4) is 0 Å². The topological polar surface area (TPSA) is 61.6 Å². The molecular weight excluding hydrogens is 325 g/mol. The third kappa shape index (κ3) is 2.55. The average Bonchev–Trinajstić information content (AvgIpc) is 2.26. The number of rotatable bonds is 4. The maximum absolute atomic E-state index is 10.9. The van der Waals surface area contributed by atoms with Crippen molar-refractivity contribution < 1.29 is 14.4 Å². The molecule has 0 aromatic heterocycles. The molecule has 0 aliphatic rings. The van der Waals surface area contributed by atoms with Crippen molar-refractivity contribution in [3.05, 3.63) is 27.8 Å². The lowest BCUT2D eigenvalue weighted by atomic mass is 10.1. The maximum atomic E-state index is 10.9. The second-order valence-electron chi connectivity index (χ2n) is 3.14. The van der Waals surface area contributed by atoms with Crippen molar-refractivity contribution in [2.45, 2.75) is 10.8 Å². The molecule has 0 heterocycles. The Bertz CT molecular complexity index is 406. The van der Waals surface area contributed by atoms with Gasteiger partial charge in [0.15, 0.2) is 11.5 Å². The zero-order valence-electron chi connectivity index (χ0n) is 9.19. The number of ether oxygens (including phenoxy) is 2. The summed E-state index contributed by atoms with van der Waals surface area (Å²) in [6, 6.07) is 3.04. The Morgan fingerprint density at radius 3 is 2.19 bits per heavy atom. The van der Waals surface area contributed by atoms with E-state index in [1.165, 1.54) is 20.3 Å². The van der Waals surface area contributed by atoms with E-state index in [4.69, 9.17) is 9.47 Å². The summed E-state index contributed by atoms with van der Waals surface area (Å²) in [6.07, 6.45) is 0. The molecular formula is C10H12INO4. The molecule has 0 amide bonds. The standard InChI is InChI=1S/C10H12INO4/c1-6(11)7-4-9(15-2)10(16-3)5-8(7)12(13)14/h4-6H,1-3H3. The maximum Gasteiger partial charge on any atom is 0.277 e. The van der Waals surface area contributed by atoms with Crippen molar-refractivity contribution >= 4 is 28.3 Å². The highest BCUT2D eigenvalue weighted by Crippen LogP contribution is 2.39. The second-order valence-corrected chi connectivity index (χ2v) is 5.01. The molecule has 0 fully saturated rings. The van der Waals surface area contributed by atoms with E-state index < -0.39 is 4.92 Å². The predicted molar refractivity (Wildman–Crippen MR) is 68.6 cm³/mol. The Morgan fingerprint density at radius 2 is 1.81 bits per heavy atom. The zero-order valence-corrected chi connectivity index (χ0v) is 11.3. The minimum atomic E-state index is -0.410.